The number of hydrogen-bond donors (Lipinski definition) is 4. The molecule has 1 aromatic carbocycles. The predicted octanol–water partition coefficient (Wildman–Crippen LogP) is -0.345. The van der Waals surface area contributed by atoms with E-state index >= 15 is 0 Å². The third-order valence-corrected chi connectivity index (χ3v) is 3.65. The Balaban J connectivity index is 1.97. The fourth-order valence-corrected chi connectivity index (χ4v) is 2.25. The van der Waals surface area contributed by atoms with E-state index < -0.39 is 30.7 Å². The molecule has 1 aliphatic rings. The molecule has 1 saturated heterocycles. The number of rotatable bonds is 5. The summed E-state index contributed by atoms with van der Waals surface area (Å²) in [6.45, 7) is 2.52. The van der Waals surface area contributed by atoms with Gasteiger partial charge in [-0.25, -0.2) is 0 Å². The molecule has 1 fully saturated rings. The van der Waals surface area contributed by atoms with Crippen LogP contribution in [0.5, 0.6) is 5.75 Å². The minimum Gasteiger partial charge on any atom is -0.462 e. The van der Waals surface area contributed by atoms with Gasteiger partial charge in [0.1, 0.15) is 24.1 Å². The zero-order valence-corrected chi connectivity index (χ0v) is 12.3. The SMILES string of the molecule is CNCCc1ccc(O[C@@H]2O[C@@H](C)[C@@H](O)[C@H](O)[C@H]2O)cc1. The molecule has 1 heterocycles. The van der Waals surface area contributed by atoms with Crippen LogP contribution in [0.15, 0.2) is 24.3 Å². The molecule has 0 spiro atoms. The molecule has 118 valence electrons. The lowest BCUT2D eigenvalue weighted by atomic mass is 10.00. The first-order valence-corrected chi connectivity index (χ1v) is 7.12. The topological polar surface area (TPSA) is 91.2 Å². The largest absolute Gasteiger partial charge is 0.462 e. The summed E-state index contributed by atoms with van der Waals surface area (Å²) in [5.74, 6) is 0.544. The minimum atomic E-state index is -1.29. The number of benzene rings is 1. The molecule has 1 aliphatic heterocycles. The lowest BCUT2D eigenvalue weighted by Gasteiger charge is -2.38. The van der Waals surface area contributed by atoms with Gasteiger partial charge >= 0.3 is 0 Å². The standard InChI is InChI=1S/C15H23NO5/c1-9-12(17)13(18)14(19)15(20-9)21-11-5-3-10(4-6-11)7-8-16-2/h3-6,9,12-19H,7-8H2,1-2H3/t9-,12+,13-,14+,15-/m0/s1. The molecule has 6 nitrogen and oxygen atoms in total. The predicted molar refractivity (Wildman–Crippen MR) is 77.1 cm³/mol. The van der Waals surface area contributed by atoms with Crippen LogP contribution in [0.2, 0.25) is 0 Å². The third-order valence-electron chi connectivity index (χ3n) is 3.65. The van der Waals surface area contributed by atoms with Crippen molar-refractivity contribution in [2.24, 2.45) is 0 Å². The number of aliphatic hydroxyl groups excluding tert-OH is 3. The van der Waals surface area contributed by atoms with Gasteiger partial charge in [0.2, 0.25) is 6.29 Å². The summed E-state index contributed by atoms with van der Waals surface area (Å²) >= 11 is 0. The van der Waals surface area contributed by atoms with Crippen molar-refractivity contribution in [3.05, 3.63) is 29.8 Å². The second kappa shape index (κ2) is 7.20. The Kier molecular flexibility index (Phi) is 5.55. The first kappa shape index (κ1) is 16.2. The molecule has 4 N–H and O–H groups in total. The highest BCUT2D eigenvalue weighted by Gasteiger charge is 2.43. The molecular formula is C15H23NO5. The van der Waals surface area contributed by atoms with Crippen LogP contribution >= 0.6 is 0 Å². The van der Waals surface area contributed by atoms with Gasteiger partial charge in [0.15, 0.2) is 0 Å². The zero-order chi connectivity index (χ0) is 15.4. The van der Waals surface area contributed by atoms with Crippen LogP contribution in [-0.4, -0.2) is 59.6 Å². The summed E-state index contributed by atoms with van der Waals surface area (Å²) in [5, 5.41) is 32.3. The highest BCUT2D eigenvalue weighted by atomic mass is 16.7. The van der Waals surface area contributed by atoms with Gasteiger partial charge < -0.3 is 30.1 Å². The summed E-state index contributed by atoms with van der Waals surface area (Å²) in [4.78, 5) is 0. The fraction of sp³-hybridized carbons (Fsp3) is 0.600. The number of likely N-dealkylation sites (N-methyl/N-ethyl adjacent to an activating group) is 1. The Morgan fingerprint density at radius 2 is 1.76 bits per heavy atom. The van der Waals surface area contributed by atoms with Gasteiger partial charge in [0.25, 0.3) is 0 Å². The van der Waals surface area contributed by atoms with Crippen LogP contribution in [0, 0.1) is 0 Å². The Hall–Kier alpha value is -1.18. The quantitative estimate of drug-likeness (QED) is 0.594. The van der Waals surface area contributed by atoms with Gasteiger partial charge in [0.05, 0.1) is 6.10 Å². The molecule has 0 aromatic heterocycles. The second-order valence-electron chi connectivity index (χ2n) is 5.30. The average Bonchev–Trinajstić information content (AvgIpc) is 2.50. The maximum Gasteiger partial charge on any atom is 0.229 e. The molecule has 0 aliphatic carbocycles. The lowest BCUT2D eigenvalue weighted by Crippen LogP contribution is -2.58. The van der Waals surface area contributed by atoms with Crippen molar-refractivity contribution in [1.82, 2.24) is 5.32 Å². The molecule has 2 rings (SSSR count). The molecule has 0 radical (unpaired) electrons. The van der Waals surface area contributed by atoms with Crippen molar-refractivity contribution >= 4 is 0 Å². The summed E-state index contributed by atoms with van der Waals surface area (Å²) in [6.07, 6.45) is -4.39. The van der Waals surface area contributed by atoms with Crippen molar-refractivity contribution in [2.75, 3.05) is 13.6 Å². The van der Waals surface area contributed by atoms with Crippen LogP contribution in [-0.2, 0) is 11.2 Å². The monoisotopic (exact) mass is 297 g/mol. The normalized spacial score (nSPS) is 32.9. The van der Waals surface area contributed by atoms with Crippen molar-refractivity contribution in [1.29, 1.82) is 0 Å². The van der Waals surface area contributed by atoms with Crippen molar-refractivity contribution in [2.45, 2.75) is 44.1 Å². The van der Waals surface area contributed by atoms with Crippen molar-refractivity contribution in [3.8, 4) is 5.75 Å². The van der Waals surface area contributed by atoms with Crippen LogP contribution in [0.3, 0.4) is 0 Å². The third kappa shape index (κ3) is 3.93. The van der Waals surface area contributed by atoms with Gasteiger partial charge in [0, 0.05) is 0 Å². The van der Waals surface area contributed by atoms with E-state index in [4.69, 9.17) is 9.47 Å². The fourth-order valence-electron chi connectivity index (χ4n) is 2.25. The van der Waals surface area contributed by atoms with Gasteiger partial charge in [-0.2, -0.15) is 0 Å². The van der Waals surface area contributed by atoms with Crippen molar-refractivity contribution < 1.29 is 24.8 Å². The van der Waals surface area contributed by atoms with E-state index in [0.717, 1.165) is 13.0 Å². The summed E-state index contributed by atoms with van der Waals surface area (Å²) in [5.41, 5.74) is 1.17. The number of hydrogen-bond acceptors (Lipinski definition) is 6. The van der Waals surface area contributed by atoms with Gasteiger partial charge in [-0.1, -0.05) is 12.1 Å². The van der Waals surface area contributed by atoms with Crippen molar-refractivity contribution in [3.63, 3.8) is 0 Å². The molecule has 0 unspecified atom stereocenters. The zero-order valence-electron chi connectivity index (χ0n) is 12.3. The molecule has 5 atom stereocenters. The van der Waals surface area contributed by atoms with Gasteiger partial charge in [-0.05, 0) is 44.6 Å². The van der Waals surface area contributed by atoms with E-state index in [1.807, 2.05) is 19.2 Å². The molecule has 6 heteroatoms. The lowest BCUT2D eigenvalue weighted by molar-refractivity contribution is -0.268. The summed E-state index contributed by atoms with van der Waals surface area (Å²) in [7, 11) is 1.90. The molecular weight excluding hydrogens is 274 g/mol. The Labute approximate surface area is 124 Å². The summed E-state index contributed by atoms with van der Waals surface area (Å²) < 4.78 is 10.9. The number of aliphatic hydroxyl groups is 3. The first-order chi connectivity index (χ1) is 10.0. The number of nitrogens with one attached hydrogen (secondary N) is 1. The van der Waals surface area contributed by atoms with E-state index in [-0.39, 0.29) is 0 Å². The second-order valence-corrected chi connectivity index (χ2v) is 5.30. The molecule has 0 saturated carbocycles. The van der Waals surface area contributed by atoms with Crippen LogP contribution in [0.4, 0.5) is 0 Å². The first-order valence-electron chi connectivity index (χ1n) is 7.12. The van der Waals surface area contributed by atoms with Crippen LogP contribution in [0.1, 0.15) is 12.5 Å². The molecule has 0 amide bonds. The summed E-state index contributed by atoms with van der Waals surface area (Å²) in [6, 6.07) is 7.47. The molecule has 21 heavy (non-hydrogen) atoms. The van der Waals surface area contributed by atoms with E-state index in [9.17, 15) is 15.3 Å². The van der Waals surface area contributed by atoms with Gasteiger partial charge in [-0.3, -0.25) is 0 Å². The Morgan fingerprint density at radius 1 is 1.10 bits per heavy atom. The molecule has 0 bridgehead atoms. The van der Waals surface area contributed by atoms with E-state index in [1.165, 1.54) is 5.56 Å². The van der Waals surface area contributed by atoms with E-state index in [2.05, 4.69) is 5.32 Å². The number of ether oxygens (including phenoxy) is 2. The highest BCUT2D eigenvalue weighted by molar-refractivity contribution is 5.27. The van der Waals surface area contributed by atoms with Crippen LogP contribution < -0.4 is 10.1 Å². The van der Waals surface area contributed by atoms with E-state index in [0.29, 0.717) is 5.75 Å². The maximum atomic E-state index is 9.89. The van der Waals surface area contributed by atoms with Gasteiger partial charge in [-0.15, -0.1) is 0 Å². The average molecular weight is 297 g/mol. The Morgan fingerprint density at radius 3 is 2.38 bits per heavy atom. The van der Waals surface area contributed by atoms with E-state index in [1.54, 1.807) is 19.1 Å². The maximum absolute atomic E-state index is 9.89. The Bertz CT molecular complexity index is 438. The molecule has 1 aromatic rings. The highest BCUT2D eigenvalue weighted by Crippen LogP contribution is 2.24. The van der Waals surface area contributed by atoms with Crippen LogP contribution in [0.25, 0.3) is 0 Å². The smallest absolute Gasteiger partial charge is 0.229 e. The minimum absolute atomic E-state index is 0.544.